The van der Waals surface area contributed by atoms with Gasteiger partial charge in [-0.3, -0.25) is 10.1 Å². The van der Waals surface area contributed by atoms with Crippen LogP contribution in [-0.4, -0.2) is 44.1 Å². The molecule has 188 valence electrons. The second-order valence-electron chi connectivity index (χ2n) is 7.49. The molecule has 1 aliphatic rings. The van der Waals surface area contributed by atoms with Gasteiger partial charge in [0.15, 0.2) is 6.17 Å². The van der Waals surface area contributed by atoms with Crippen LogP contribution in [0.2, 0.25) is 0 Å². The number of nitrogens with zero attached hydrogens (tertiary/aromatic N) is 4. The van der Waals surface area contributed by atoms with E-state index in [2.05, 4.69) is 35.9 Å². The molecule has 6 N–H and O–H groups in total. The molecule has 15 heteroatoms. The van der Waals surface area contributed by atoms with E-state index in [9.17, 15) is 27.7 Å². The number of imidazole rings is 1. The molecule has 11 nitrogen and oxygen atoms in total. The molecule has 4 rings (SSSR count). The lowest BCUT2D eigenvalue weighted by Crippen LogP contribution is -2.46. The zero-order chi connectivity index (χ0) is 25.9. The summed E-state index contributed by atoms with van der Waals surface area (Å²) < 4.78 is 54.7. The van der Waals surface area contributed by atoms with Gasteiger partial charge >= 0.3 is 6.18 Å². The number of nitrogens with one attached hydrogen (secondary N) is 4. The standard InChI is InChI=1S/C21H19F4N9O2/c22-11-1-2-12(14(9-11)21(23,24)25)17-13(19-28-6-7-29-19)10-31-20(33-17)30-8-5-27-16-4-3-15(34(35)36)18(26)32-16/h1-4,6-7,9-10,18,27,32H,5,8,26H2,(H,28,29)(H,30,31,33). The van der Waals surface area contributed by atoms with E-state index in [4.69, 9.17) is 5.73 Å². The van der Waals surface area contributed by atoms with E-state index in [0.717, 1.165) is 12.1 Å². The quantitative estimate of drug-likeness (QED) is 0.134. The first-order valence-electron chi connectivity index (χ1n) is 10.4. The van der Waals surface area contributed by atoms with Crippen molar-refractivity contribution in [2.24, 2.45) is 5.73 Å². The van der Waals surface area contributed by atoms with Crippen LogP contribution in [0, 0.1) is 15.9 Å². The van der Waals surface area contributed by atoms with Gasteiger partial charge in [0, 0.05) is 43.3 Å². The highest BCUT2D eigenvalue weighted by Crippen LogP contribution is 2.39. The number of aromatic nitrogens is 4. The number of anilines is 1. The van der Waals surface area contributed by atoms with Gasteiger partial charge in [-0.2, -0.15) is 13.2 Å². The molecular weight excluding hydrogens is 486 g/mol. The summed E-state index contributed by atoms with van der Waals surface area (Å²) in [7, 11) is 0. The number of halogens is 4. The number of H-pyrrole nitrogens is 1. The minimum Gasteiger partial charge on any atom is -0.370 e. The van der Waals surface area contributed by atoms with Crippen molar-refractivity contribution in [3.63, 3.8) is 0 Å². The van der Waals surface area contributed by atoms with Crippen molar-refractivity contribution in [3.05, 3.63) is 82.0 Å². The summed E-state index contributed by atoms with van der Waals surface area (Å²) in [5.74, 6) is -0.317. The second kappa shape index (κ2) is 9.99. The molecule has 0 radical (unpaired) electrons. The number of hydrogen-bond donors (Lipinski definition) is 5. The molecule has 1 unspecified atom stereocenters. The highest BCUT2D eigenvalue weighted by atomic mass is 19.4. The Morgan fingerprint density at radius 3 is 2.58 bits per heavy atom. The zero-order valence-corrected chi connectivity index (χ0v) is 18.3. The molecule has 2 aromatic heterocycles. The van der Waals surface area contributed by atoms with Gasteiger partial charge in [-0.05, 0) is 24.3 Å². The van der Waals surface area contributed by atoms with E-state index in [1.54, 1.807) is 0 Å². The van der Waals surface area contributed by atoms with Crippen LogP contribution >= 0.6 is 0 Å². The number of benzene rings is 1. The summed E-state index contributed by atoms with van der Waals surface area (Å²) in [4.78, 5) is 25.6. The number of hydrogen-bond acceptors (Lipinski definition) is 9. The summed E-state index contributed by atoms with van der Waals surface area (Å²) in [6.07, 6.45) is 1.16. The Labute approximate surface area is 200 Å². The highest BCUT2D eigenvalue weighted by Gasteiger charge is 2.35. The number of nitrogens with two attached hydrogens (primary N) is 1. The van der Waals surface area contributed by atoms with E-state index in [0.29, 0.717) is 11.9 Å². The predicted octanol–water partition coefficient (Wildman–Crippen LogP) is 2.58. The molecule has 3 heterocycles. The average molecular weight is 505 g/mol. The Kier molecular flexibility index (Phi) is 6.82. The van der Waals surface area contributed by atoms with Gasteiger partial charge in [0.05, 0.1) is 21.7 Å². The van der Waals surface area contributed by atoms with Crippen LogP contribution in [0.5, 0.6) is 0 Å². The largest absolute Gasteiger partial charge is 0.417 e. The monoisotopic (exact) mass is 505 g/mol. The Bertz CT molecular complexity index is 1320. The Morgan fingerprint density at radius 2 is 1.92 bits per heavy atom. The van der Waals surface area contributed by atoms with E-state index in [1.165, 1.54) is 30.7 Å². The Balaban J connectivity index is 1.55. The number of allylic oxidation sites excluding steroid dienone is 2. The maximum absolute atomic E-state index is 13.7. The molecule has 1 atom stereocenters. The third kappa shape index (κ3) is 5.41. The van der Waals surface area contributed by atoms with Crippen molar-refractivity contribution < 1.29 is 22.5 Å². The summed E-state index contributed by atoms with van der Waals surface area (Å²) in [5.41, 5.74) is 4.09. The maximum Gasteiger partial charge on any atom is 0.417 e. The van der Waals surface area contributed by atoms with Gasteiger partial charge < -0.3 is 26.7 Å². The van der Waals surface area contributed by atoms with Crippen LogP contribution in [0.4, 0.5) is 23.5 Å². The van der Waals surface area contributed by atoms with Crippen molar-refractivity contribution >= 4 is 5.95 Å². The van der Waals surface area contributed by atoms with Gasteiger partial charge in [0.1, 0.15) is 17.5 Å². The summed E-state index contributed by atoms with van der Waals surface area (Å²) in [6.45, 7) is 0.519. The second-order valence-corrected chi connectivity index (χ2v) is 7.49. The predicted molar refractivity (Wildman–Crippen MR) is 121 cm³/mol. The van der Waals surface area contributed by atoms with Gasteiger partial charge in [0.25, 0.3) is 5.70 Å². The first-order valence-corrected chi connectivity index (χ1v) is 10.4. The Hall–Kier alpha value is -4.53. The van der Waals surface area contributed by atoms with E-state index < -0.39 is 28.6 Å². The Morgan fingerprint density at radius 1 is 1.14 bits per heavy atom. The number of aromatic amines is 1. The number of nitro groups is 1. The summed E-state index contributed by atoms with van der Waals surface area (Å²) >= 11 is 0. The van der Waals surface area contributed by atoms with Crippen LogP contribution < -0.4 is 21.7 Å². The van der Waals surface area contributed by atoms with Crippen LogP contribution in [-0.2, 0) is 6.18 Å². The van der Waals surface area contributed by atoms with Crippen molar-refractivity contribution in [1.29, 1.82) is 0 Å². The topological polar surface area (TPSA) is 160 Å². The average Bonchev–Trinajstić information content (AvgIpc) is 3.36. The number of alkyl halides is 3. The van der Waals surface area contributed by atoms with Crippen molar-refractivity contribution in [3.8, 4) is 22.6 Å². The molecule has 0 spiro atoms. The van der Waals surface area contributed by atoms with Crippen LogP contribution in [0.25, 0.3) is 22.6 Å². The molecule has 3 aromatic rings. The molecule has 1 aliphatic heterocycles. The fraction of sp³-hybridized carbons (Fsp3) is 0.190. The van der Waals surface area contributed by atoms with Crippen molar-refractivity contribution in [2.45, 2.75) is 12.3 Å². The molecule has 0 fully saturated rings. The zero-order valence-electron chi connectivity index (χ0n) is 18.3. The van der Waals surface area contributed by atoms with E-state index >= 15 is 0 Å². The summed E-state index contributed by atoms with van der Waals surface area (Å²) in [6, 6.07) is 2.34. The van der Waals surface area contributed by atoms with Crippen LogP contribution in [0.15, 0.2) is 60.5 Å². The fourth-order valence-electron chi connectivity index (χ4n) is 3.43. The third-order valence-corrected chi connectivity index (χ3v) is 5.07. The molecule has 0 saturated carbocycles. The van der Waals surface area contributed by atoms with Crippen LogP contribution in [0.3, 0.4) is 0 Å². The fourth-order valence-corrected chi connectivity index (χ4v) is 3.43. The van der Waals surface area contributed by atoms with Gasteiger partial charge in [-0.15, -0.1) is 0 Å². The molecular formula is C21H19F4N9O2. The third-order valence-electron chi connectivity index (χ3n) is 5.07. The molecule has 36 heavy (non-hydrogen) atoms. The lowest BCUT2D eigenvalue weighted by atomic mass is 10.00. The van der Waals surface area contributed by atoms with Gasteiger partial charge in [-0.1, -0.05) is 0 Å². The lowest BCUT2D eigenvalue weighted by molar-refractivity contribution is -0.430. The van der Waals surface area contributed by atoms with Crippen LogP contribution in [0.1, 0.15) is 5.56 Å². The summed E-state index contributed by atoms with van der Waals surface area (Å²) in [5, 5.41) is 19.5. The van der Waals surface area contributed by atoms with Gasteiger partial charge in [0.2, 0.25) is 5.95 Å². The minimum absolute atomic E-state index is 0.0253. The molecule has 0 aliphatic carbocycles. The molecule has 1 aromatic carbocycles. The molecule has 0 amide bonds. The maximum atomic E-state index is 13.7. The SMILES string of the molecule is NC1NC(NCCNc2ncc(-c3ncc[nH]3)c(-c3ccc(F)cc3C(F)(F)F)n2)=CC=C1[N+](=O)[O-]. The van der Waals surface area contributed by atoms with Gasteiger partial charge in [-0.25, -0.2) is 19.3 Å². The molecule has 0 bridgehead atoms. The number of dihydropyridines is 1. The van der Waals surface area contributed by atoms with E-state index in [1.807, 2.05) is 0 Å². The number of rotatable bonds is 8. The smallest absolute Gasteiger partial charge is 0.370 e. The van der Waals surface area contributed by atoms with Crippen molar-refractivity contribution in [1.82, 2.24) is 30.6 Å². The first kappa shape index (κ1) is 24.6. The lowest BCUT2D eigenvalue weighted by Gasteiger charge is -2.20. The normalized spacial score (nSPS) is 15.5. The van der Waals surface area contributed by atoms with Crippen molar-refractivity contribution in [2.75, 3.05) is 18.4 Å². The highest BCUT2D eigenvalue weighted by molar-refractivity contribution is 5.79. The van der Waals surface area contributed by atoms with E-state index in [-0.39, 0.29) is 47.4 Å². The molecule has 0 saturated heterocycles. The first-order chi connectivity index (χ1) is 17.1. The minimum atomic E-state index is -4.83.